The zero-order valence-corrected chi connectivity index (χ0v) is 11.0. The number of hydrogen-bond donors (Lipinski definition) is 2. The molecule has 1 atom stereocenters. The number of alkyl halides is 1. The normalized spacial score (nSPS) is 20.9. The minimum Gasteiger partial charge on any atom is -0.370 e. The van der Waals surface area contributed by atoms with Crippen LogP contribution in [0.1, 0.15) is 25.7 Å². The maximum absolute atomic E-state index is 12.1. The summed E-state index contributed by atoms with van der Waals surface area (Å²) in [5.74, 6) is 0.843. The molecule has 1 fully saturated rings. The SMILES string of the molecule is CN=C(NCCCF)N1CCCC(CC(N)=O)C1. The van der Waals surface area contributed by atoms with Crippen LogP contribution in [0.15, 0.2) is 4.99 Å². The van der Waals surface area contributed by atoms with E-state index in [1.807, 2.05) is 0 Å². The Morgan fingerprint density at radius 2 is 2.39 bits per heavy atom. The summed E-state index contributed by atoms with van der Waals surface area (Å²) in [4.78, 5) is 17.3. The van der Waals surface area contributed by atoms with Crippen LogP contribution in [-0.2, 0) is 4.79 Å². The van der Waals surface area contributed by atoms with Crippen molar-refractivity contribution in [1.82, 2.24) is 10.2 Å². The van der Waals surface area contributed by atoms with Crippen LogP contribution in [0.3, 0.4) is 0 Å². The maximum Gasteiger partial charge on any atom is 0.217 e. The van der Waals surface area contributed by atoms with Crippen molar-refractivity contribution in [3.63, 3.8) is 0 Å². The molecule has 104 valence electrons. The number of amides is 1. The van der Waals surface area contributed by atoms with Crippen molar-refractivity contribution in [3.8, 4) is 0 Å². The number of rotatable bonds is 5. The van der Waals surface area contributed by atoms with Gasteiger partial charge in [-0.1, -0.05) is 0 Å². The number of piperidine rings is 1. The molecule has 1 saturated heterocycles. The van der Waals surface area contributed by atoms with E-state index in [0.717, 1.165) is 31.9 Å². The molecule has 5 nitrogen and oxygen atoms in total. The van der Waals surface area contributed by atoms with E-state index >= 15 is 0 Å². The average Bonchev–Trinajstić information content (AvgIpc) is 2.34. The zero-order valence-electron chi connectivity index (χ0n) is 11.0. The molecular formula is C12H23FN4O. The van der Waals surface area contributed by atoms with Crippen LogP contribution in [-0.4, -0.2) is 50.1 Å². The number of likely N-dealkylation sites (tertiary alicyclic amines) is 1. The Balaban J connectivity index is 2.45. The Morgan fingerprint density at radius 1 is 1.61 bits per heavy atom. The van der Waals surface area contributed by atoms with E-state index in [9.17, 15) is 9.18 Å². The first kappa shape index (κ1) is 14.7. The number of hydrogen-bond acceptors (Lipinski definition) is 2. The van der Waals surface area contributed by atoms with Crippen LogP contribution in [0.2, 0.25) is 0 Å². The number of nitrogens with one attached hydrogen (secondary N) is 1. The molecule has 1 unspecified atom stereocenters. The average molecular weight is 258 g/mol. The fourth-order valence-corrected chi connectivity index (χ4v) is 2.31. The highest BCUT2D eigenvalue weighted by molar-refractivity contribution is 5.80. The number of carbonyl (C=O) groups excluding carboxylic acids is 1. The van der Waals surface area contributed by atoms with Gasteiger partial charge in [0.2, 0.25) is 5.91 Å². The highest BCUT2D eigenvalue weighted by Gasteiger charge is 2.23. The second-order valence-electron chi connectivity index (χ2n) is 4.64. The summed E-state index contributed by atoms with van der Waals surface area (Å²) in [6, 6.07) is 0. The van der Waals surface area contributed by atoms with Crippen LogP contribution in [0, 0.1) is 5.92 Å². The van der Waals surface area contributed by atoms with Crippen LogP contribution in [0.4, 0.5) is 4.39 Å². The molecule has 3 N–H and O–H groups in total. The molecular weight excluding hydrogens is 235 g/mol. The van der Waals surface area contributed by atoms with Crippen molar-refractivity contribution in [2.45, 2.75) is 25.7 Å². The minimum atomic E-state index is -0.325. The van der Waals surface area contributed by atoms with Crippen molar-refractivity contribution in [1.29, 1.82) is 0 Å². The summed E-state index contributed by atoms with van der Waals surface area (Å²) < 4.78 is 12.1. The molecule has 0 aromatic carbocycles. The summed E-state index contributed by atoms with van der Waals surface area (Å²) in [6.07, 6.45) is 2.97. The molecule has 0 saturated carbocycles. The lowest BCUT2D eigenvalue weighted by Gasteiger charge is -2.34. The standard InChI is InChI=1S/C12H23FN4O/c1-15-12(16-6-3-5-13)17-7-2-4-10(9-17)8-11(14)18/h10H,2-9H2,1H3,(H2,14,18)(H,15,16). The van der Waals surface area contributed by atoms with Crippen LogP contribution < -0.4 is 11.1 Å². The molecule has 0 radical (unpaired) electrons. The van der Waals surface area contributed by atoms with Gasteiger partial charge in [-0.05, 0) is 25.2 Å². The number of guanidine groups is 1. The third-order valence-electron chi connectivity index (χ3n) is 3.11. The van der Waals surface area contributed by atoms with E-state index < -0.39 is 0 Å². The molecule has 0 aliphatic carbocycles. The minimum absolute atomic E-state index is 0.248. The topological polar surface area (TPSA) is 70.7 Å². The number of nitrogens with two attached hydrogens (primary N) is 1. The molecule has 1 amide bonds. The third kappa shape index (κ3) is 4.89. The second kappa shape index (κ2) is 7.89. The Hall–Kier alpha value is -1.33. The lowest BCUT2D eigenvalue weighted by atomic mass is 9.95. The molecule has 1 heterocycles. The number of nitrogens with zero attached hydrogens (tertiary/aromatic N) is 2. The highest BCUT2D eigenvalue weighted by atomic mass is 19.1. The van der Waals surface area contributed by atoms with Gasteiger partial charge in [0.1, 0.15) is 0 Å². The fraction of sp³-hybridized carbons (Fsp3) is 0.833. The van der Waals surface area contributed by atoms with Gasteiger partial charge in [-0.3, -0.25) is 14.2 Å². The van der Waals surface area contributed by atoms with E-state index in [4.69, 9.17) is 5.73 Å². The van der Waals surface area contributed by atoms with Gasteiger partial charge >= 0.3 is 0 Å². The number of primary amides is 1. The summed E-state index contributed by atoms with van der Waals surface area (Å²) in [6.45, 7) is 1.97. The molecule has 1 aliphatic rings. The Labute approximate surface area is 108 Å². The predicted octanol–water partition coefficient (Wildman–Crippen LogP) is 0.509. The van der Waals surface area contributed by atoms with Gasteiger partial charge in [0, 0.05) is 33.1 Å². The fourth-order valence-electron chi connectivity index (χ4n) is 2.31. The molecule has 1 rings (SSSR count). The van der Waals surface area contributed by atoms with Crippen molar-refractivity contribution < 1.29 is 9.18 Å². The first-order valence-electron chi connectivity index (χ1n) is 6.47. The molecule has 0 spiro atoms. The zero-order chi connectivity index (χ0) is 13.4. The molecule has 6 heteroatoms. The van der Waals surface area contributed by atoms with Crippen LogP contribution >= 0.6 is 0 Å². The lowest BCUT2D eigenvalue weighted by Crippen LogP contribution is -2.47. The largest absolute Gasteiger partial charge is 0.370 e. The number of halogens is 1. The van der Waals surface area contributed by atoms with E-state index in [1.54, 1.807) is 7.05 Å². The van der Waals surface area contributed by atoms with Gasteiger partial charge in [-0.2, -0.15) is 0 Å². The van der Waals surface area contributed by atoms with Gasteiger partial charge in [-0.15, -0.1) is 0 Å². The lowest BCUT2D eigenvalue weighted by molar-refractivity contribution is -0.119. The van der Waals surface area contributed by atoms with Crippen molar-refractivity contribution in [2.24, 2.45) is 16.6 Å². The number of carbonyl (C=O) groups is 1. The Morgan fingerprint density at radius 3 is 3.00 bits per heavy atom. The smallest absolute Gasteiger partial charge is 0.217 e. The molecule has 0 aromatic heterocycles. The van der Waals surface area contributed by atoms with Gasteiger partial charge in [0.15, 0.2) is 5.96 Å². The maximum atomic E-state index is 12.1. The predicted molar refractivity (Wildman–Crippen MR) is 70.1 cm³/mol. The van der Waals surface area contributed by atoms with Gasteiger partial charge in [0.25, 0.3) is 0 Å². The first-order valence-corrected chi connectivity index (χ1v) is 6.47. The van der Waals surface area contributed by atoms with Gasteiger partial charge in [-0.25, -0.2) is 0 Å². The summed E-state index contributed by atoms with van der Waals surface area (Å²) in [5.41, 5.74) is 5.23. The molecule has 0 aromatic rings. The summed E-state index contributed by atoms with van der Waals surface area (Å²) >= 11 is 0. The van der Waals surface area contributed by atoms with Crippen LogP contribution in [0.5, 0.6) is 0 Å². The molecule has 1 aliphatic heterocycles. The molecule has 0 bridgehead atoms. The Bertz CT molecular complexity index is 296. The number of aliphatic imine (C=N–C) groups is 1. The van der Waals surface area contributed by atoms with Gasteiger partial charge < -0.3 is 16.0 Å². The van der Waals surface area contributed by atoms with E-state index in [2.05, 4.69) is 15.2 Å². The van der Waals surface area contributed by atoms with Gasteiger partial charge in [0.05, 0.1) is 6.67 Å². The summed E-state index contributed by atoms with van der Waals surface area (Å²) in [7, 11) is 1.72. The first-order chi connectivity index (χ1) is 8.67. The monoisotopic (exact) mass is 258 g/mol. The molecule has 18 heavy (non-hydrogen) atoms. The highest BCUT2D eigenvalue weighted by Crippen LogP contribution is 2.19. The van der Waals surface area contributed by atoms with E-state index in [1.165, 1.54) is 0 Å². The van der Waals surface area contributed by atoms with E-state index in [0.29, 0.717) is 25.3 Å². The quantitative estimate of drug-likeness (QED) is 0.429. The van der Waals surface area contributed by atoms with Crippen molar-refractivity contribution in [2.75, 3.05) is 33.4 Å². The second-order valence-corrected chi connectivity index (χ2v) is 4.64. The van der Waals surface area contributed by atoms with Crippen molar-refractivity contribution in [3.05, 3.63) is 0 Å². The van der Waals surface area contributed by atoms with Crippen molar-refractivity contribution >= 4 is 11.9 Å². The van der Waals surface area contributed by atoms with Crippen LogP contribution in [0.25, 0.3) is 0 Å². The van der Waals surface area contributed by atoms with E-state index in [-0.39, 0.29) is 12.6 Å². The summed E-state index contributed by atoms with van der Waals surface area (Å²) in [5, 5.41) is 3.13. The third-order valence-corrected chi connectivity index (χ3v) is 3.11. The Kier molecular flexibility index (Phi) is 6.46.